The molecule has 1 aliphatic carbocycles. The number of hydrogen-bond donors (Lipinski definition) is 1. The lowest BCUT2D eigenvalue weighted by atomic mass is 9.82. The molecule has 1 aromatic rings. The minimum atomic E-state index is -0.134. The lowest BCUT2D eigenvalue weighted by molar-refractivity contribution is 0.299. The third-order valence-electron chi connectivity index (χ3n) is 5.53. The Morgan fingerprint density at radius 1 is 1.23 bits per heavy atom. The van der Waals surface area contributed by atoms with Crippen molar-refractivity contribution in [1.29, 1.82) is 0 Å². The van der Waals surface area contributed by atoms with E-state index in [9.17, 15) is 4.39 Å². The topological polar surface area (TPSA) is 30.9 Å². The van der Waals surface area contributed by atoms with E-state index in [1.165, 1.54) is 25.7 Å². The van der Waals surface area contributed by atoms with Crippen molar-refractivity contribution < 1.29 is 4.39 Å². The molecule has 3 rings (SSSR count). The summed E-state index contributed by atoms with van der Waals surface area (Å²) >= 11 is 0. The summed E-state index contributed by atoms with van der Waals surface area (Å²) in [5.41, 5.74) is 1.84. The summed E-state index contributed by atoms with van der Waals surface area (Å²) in [6.07, 6.45) is 5.49. The van der Waals surface area contributed by atoms with Gasteiger partial charge in [0.1, 0.15) is 5.82 Å². The Kier molecular flexibility index (Phi) is 8.13. The van der Waals surface area contributed by atoms with Crippen LogP contribution in [0.5, 0.6) is 0 Å². The fourth-order valence-corrected chi connectivity index (χ4v) is 4.29. The normalized spacial score (nSPS) is 23.0. The van der Waals surface area contributed by atoms with Crippen LogP contribution in [-0.4, -0.2) is 50.0 Å². The molecule has 2 unspecified atom stereocenters. The molecule has 2 aliphatic rings. The van der Waals surface area contributed by atoms with Crippen molar-refractivity contribution >= 4 is 29.9 Å². The number of guanidine groups is 1. The predicted molar refractivity (Wildman–Crippen MR) is 116 cm³/mol. The lowest BCUT2D eigenvalue weighted by Crippen LogP contribution is -2.39. The highest BCUT2D eigenvalue weighted by Crippen LogP contribution is 2.35. The number of fused-ring (bicyclic) bond motifs is 1. The van der Waals surface area contributed by atoms with E-state index in [4.69, 9.17) is 0 Å². The molecule has 1 saturated carbocycles. The molecular weight excluding hydrogens is 442 g/mol. The standard InChI is InChI=1S/C20H31FN4.HI/c1-22-20(25-13-16-6-4-5-7-17(16)14-25)23-11-15-8-9-19(21)18(10-15)12-24(2)3;/h8-10,16-17H,4-7,11-14H2,1-3H3,(H,22,23);1H. The van der Waals surface area contributed by atoms with Gasteiger partial charge < -0.3 is 15.1 Å². The lowest BCUT2D eigenvalue weighted by Gasteiger charge is -2.22. The summed E-state index contributed by atoms with van der Waals surface area (Å²) in [4.78, 5) is 8.87. The summed E-state index contributed by atoms with van der Waals surface area (Å²) in [5, 5.41) is 3.48. The highest BCUT2D eigenvalue weighted by molar-refractivity contribution is 14.0. The smallest absolute Gasteiger partial charge is 0.193 e. The molecule has 0 amide bonds. The second-order valence-electron chi connectivity index (χ2n) is 7.77. The fourth-order valence-electron chi connectivity index (χ4n) is 4.29. The largest absolute Gasteiger partial charge is 0.352 e. The molecule has 26 heavy (non-hydrogen) atoms. The van der Waals surface area contributed by atoms with Crippen molar-refractivity contribution in [3.05, 3.63) is 35.1 Å². The van der Waals surface area contributed by atoms with Crippen LogP contribution in [0.4, 0.5) is 4.39 Å². The van der Waals surface area contributed by atoms with Crippen molar-refractivity contribution in [2.75, 3.05) is 34.2 Å². The molecule has 2 atom stereocenters. The van der Waals surface area contributed by atoms with E-state index in [0.29, 0.717) is 13.1 Å². The molecule has 0 aromatic heterocycles. The molecule has 4 nitrogen and oxygen atoms in total. The third kappa shape index (κ3) is 5.31. The van der Waals surface area contributed by atoms with Crippen LogP contribution < -0.4 is 5.32 Å². The Morgan fingerprint density at radius 2 is 1.88 bits per heavy atom. The number of likely N-dealkylation sites (tertiary alicyclic amines) is 1. The van der Waals surface area contributed by atoms with Gasteiger partial charge in [0.2, 0.25) is 0 Å². The van der Waals surface area contributed by atoms with Crippen molar-refractivity contribution in [3.63, 3.8) is 0 Å². The van der Waals surface area contributed by atoms with Crippen LogP contribution in [0.1, 0.15) is 36.8 Å². The van der Waals surface area contributed by atoms with Gasteiger partial charge in [-0.25, -0.2) is 4.39 Å². The molecule has 1 N–H and O–H groups in total. The zero-order valence-electron chi connectivity index (χ0n) is 16.2. The van der Waals surface area contributed by atoms with Gasteiger partial charge in [0, 0.05) is 38.8 Å². The summed E-state index contributed by atoms with van der Waals surface area (Å²) < 4.78 is 13.9. The van der Waals surface area contributed by atoms with Crippen LogP contribution in [0.25, 0.3) is 0 Å². The molecule has 1 aliphatic heterocycles. The van der Waals surface area contributed by atoms with E-state index < -0.39 is 0 Å². The summed E-state index contributed by atoms with van der Waals surface area (Å²) in [7, 11) is 5.77. The van der Waals surface area contributed by atoms with Crippen molar-refractivity contribution in [1.82, 2.24) is 15.1 Å². The summed E-state index contributed by atoms with van der Waals surface area (Å²) in [5.74, 6) is 2.52. The van der Waals surface area contributed by atoms with E-state index in [-0.39, 0.29) is 29.8 Å². The molecule has 1 heterocycles. The van der Waals surface area contributed by atoms with E-state index in [2.05, 4.69) is 15.2 Å². The maximum atomic E-state index is 13.9. The van der Waals surface area contributed by atoms with E-state index in [1.807, 2.05) is 38.2 Å². The van der Waals surface area contributed by atoms with E-state index in [0.717, 1.165) is 42.0 Å². The van der Waals surface area contributed by atoms with Crippen molar-refractivity contribution in [3.8, 4) is 0 Å². The van der Waals surface area contributed by atoms with Crippen LogP contribution >= 0.6 is 24.0 Å². The van der Waals surface area contributed by atoms with Crippen molar-refractivity contribution in [2.24, 2.45) is 16.8 Å². The van der Waals surface area contributed by atoms with Gasteiger partial charge in [0.25, 0.3) is 0 Å². The molecule has 0 bridgehead atoms. The number of nitrogens with zero attached hydrogens (tertiary/aromatic N) is 3. The van der Waals surface area contributed by atoms with Gasteiger partial charge in [0.15, 0.2) is 5.96 Å². The van der Waals surface area contributed by atoms with Gasteiger partial charge in [0.05, 0.1) is 0 Å². The number of hydrogen-bond acceptors (Lipinski definition) is 2. The predicted octanol–water partition coefficient (Wildman–Crippen LogP) is 3.70. The number of nitrogens with one attached hydrogen (secondary N) is 1. The van der Waals surface area contributed by atoms with E-state index in [1.54, 1.807) is 6.07 Å². The minimum Gasteiger partial charge on any atom is -0.352 e. The molecule has 6 heteroatoms. The molecule has 146 valence electrons. The van der Waals surface area contributed by atoms with Crippen LogP contribution in [0.2, 0.25) is 0 Å². The second kappa shape index (κ2) is 9.88. The zero-order chi connectivity index (χ0) is 17.8. The molecule has 1 saturated heterocycles. The number of rotatable bonds is 4. The first-order valence-electron chi connectivity index (χ1n) is 9.44. The van der Waals surface area contributed by atoms with Crippen molar-refractivity contribution in [2.45, 2.75) is 38.8 Å². The summed E-state index contributed by atoms with van der Waals surface area (Å²) in [6, 6.07) is 5.39. The van der Waals surface area contributed by atoms with Gasteiger partial charge in [-0.2, -0.15) is 0 Å². The first-order chi connectivity index (χ1) is 12.1. The Morgan fingerprint density at radius 3 is 2.46 bits per heavy atom. The third-order valence-corrected chi connectivity index (χ3v) is 5.53. The molecule has 1 aromatic carbocycles. The Hall–Kier alpha value is -0.890. The first kappa shape index (κ1) is 21.4. The van der Waals surface area contributed by atoms with Crippen LogP contribution in [0.15, 0.2) is 23.2 Å². The Bertz CT molecular complexity index is 606. The van der Waals surface area contributed by atoms with Crippen LogP contribution in [-0.2, 0) is 13.1 Å². The Balaban J connectivity index is 0.00000243. The molecular formula is C20H32FIN4. The summed E-state index contributed by atoms with van der Waals surface area (Å²) in [6.45, 7) is 3.54. The highest BCUT2D eigenvalue weighted by Gasteiger charge is 2.35. The first-order valence-corrected chi connectivity index (χ1v) is 9.44. The maximum absolute atomic E-state index is 13.9. The SMILES string of the molecule is CN=C(NCc1ccc(F)c(CN(C)C)c1)N1CC2CCCCC2C1.I. The van der Waals surface area contributed by atoms with Gasteiger partial charge >= 0.3 is 0 Å². The number of aliphatic imine (C=N–C) groups is 1. The average molecular weight is 474 g/mol. The van der Waals surface area contributed by atoms with Gasteiger partial charge in [-0.1, -0.05) is 18.9 Å². The number of halogens is 2. The second-order valence-corrected chi connectivity index (χ2v) is 7.77. The molecule has 0 spiro atoms. The highest BCUT2D eigenvalue weighted by atomic mass is 127. The maximum Gasteiger partial charge on any atom is 0.193 e. The Labute approximate surface area is 174 Å². The average Bonchev–Trinajstić information content (AvgIpc) is 3.01. The molecule has 2 fully saturated rings. The van der Waals surface area contributed by atoms with Gasteiger partial charge in [-0.3, -0.25) is 4.99 Å². The fraction of sp³-hybridized carbons (Fsp3) is 0.650. The van der Waals surface area contributed by atoms with Gasteiger partial charge in [-0.05, 0) is 56.5 Å². The zero-order valence-corrected chi connectivity index (χ0v) is 18.5. The van der Waals surface area contributed by atoms with Crippen LogP contribution in [0.3, 0.4) is 0 Å². The van der Waals surface area contributed by atoms with Gasteiger partial charge in [-0.15, -0.1) is 24.0 Å². The monoisotopic (exact) mass is 474 g/mol. The van der Waals surface area contributed by atoms with Crippen LogP contribution in [0, 0.1) is 17.7 Å². The molecule has 0 radical (unpaired) electrons. The minimum absolute atomic E-state index is 0. The quantitative estimate of drug-likeness (QED) is 0.410. The number of benzene rings is 1. The van der Waals surface area contributed by atoms with E-state index >= 15 is 0 Å².